The summed E-state index contributed by atoms with van der Waals surface area (Å²) < 4.78 is 12.5. The Kier molecular flexibility index (Phi) is 8.29. The van der Waals surface area contributed by atoms with Gasteiger partial charge >= 0.3 is 23.9 Å². The molecule has 0 aliphatic rings. The van der Waals surface area contributed by atoms with E-state index in [0.717, 1.165) is 12.1 Å². The van der Waals surface area contributed by atoms with Gasteiger partial charge in [0.2, 0.25) is 5.75 Å². The molecule has 0 unspecified atom stereocenters. The normalized spacial score (nSPS) is 12.2. The third-order valence-electron chi connectivity index (χ3n) is 3.32. The minimum absolute atomic E-state index is 0.349. The second kappa shape index (κ2) is 9.35. The van der Waals surface area contributed by atoms with E-state index in [1.165, 1.54) is 41.5 Å². The van der Waals surface area contributed by atoms with E-state index in [4.69, 9.17) is 14.2 Å². The Morgan fingerprint density at radius 2 is 1.00 bits per heavy atom. The van der Waals surface area contributed by atoms with E-state index in [2.05, 4.69) is 47.8 Å². The molecule has 166 valence electrons. The lowest BCUT2D eigenvalue weighted by Gasteiger charge is -2.22. The molecule has 0 heterocycles. The molecule has 1 aromatic carbocycles. The number of hydrogen-bond donors (Lipinski definition) is 1. The van der Waals surface area contributed by atoms with Crippen LogP contribution in [0.1, 0.15) is 51.9 Å². The van der Waals surface area contributed by atoms with Crippen molar-refractivity contribution in [3.8, 4) is 17.2 Å². The second-order valence-corrected chi connectivity index (χ2v) is 13.6. The van der Waals surface area contributed by atoms with Crippen LogP contribution in [0.15, 0.2) is 12.1 Å². The van der Waals surface area contributed by atoms with Crippen molar-refractivity contribution >= 4 is 71.7 Å². The summed E-state index contributed by atoms with van der Waals surface area (Å²) in [6.45, 7) is 9.08. The van der Waals surface area contributed by atoms with Crippen molar-refractivity contribution in [3.05, 3.63) is 17.7 Å². The van der Waals surface area contributed by atoms with Crippen molar-refractivity contribution in [2.45, 2.75) is 54.5 Å². The fourth-order valence-corrected chi connectivity index (χ4v) is 1.85. The molecular formula is C19H21Br3O8. The average molecular weight is 617 g/mol. The van der Waals surface area contributed by atoms with Crippen LogP contribution in [0.2, 0.25) is 0 Å². The number of carbonyl (C=O) groups excluding carboxylic acids is 3. The van der Waals surface area contributed by atoms with Gasteiger partial charge in [-0.05, 0) is 53.7 Å². The van der Waals surface area contributed by atoms with Crippen molar-refractivity contribution in [2.75, 3.05) is 0 Å². The number of carboxylic acid groups (broad SMARTS) is 1. The molecule has 11 heteroatoms. The maximum atomic E-state index is 12.4. The summed E-state index contributed by atoms with van der Waals surface area (Å²) in [6.07, 6.45) is 0. The first-order valence-corrected chi connectivity index (χ1v) is 10.9. The largest absolute Gasteiger partial charge is 0.478 e. The quantitative estimate of drug-likeness (QED) is 0.268. The molecule has 8 nitrogen and oxygen atoms in total. The van der Waals surface area contributed by atoms with E-state index >= 15 is 0 Å². The Morgan fingerprint density at radius 3 is 1.27 bits per heavy atom. The molecule has 1 N–H and O–H groups in total. The maximum absolute atomic E-state index is 12.4. The molecule has 0 spiro atoms. The summed E-state index contributed by atoms with van der Waals surface area (Å²) in [6, 6.07) is 2.00. The zero-order valence-electron chi connectivity index (χ0n) is 17.1. The van der Waals surface area contributed by atoms with Crippen LogP contribution in [-0.4, -0.2) is 42.0 Å². The lowest BCUT2D eigenvalue weighted by molar-refractivity contribution is -0.139. The molecule has 0 aromatic heterocycles. The number of rotatable bonds is 7. The van der Waals surface area contributed by atoms with Crippen molar-refractivity contribution in [2.24, 2.45) is 0 Å². The van der Waals surface area contributed by atoms with Crippen molar-refractivity contribution in [3.63, 3.8) is 0 Å². The Hall–Kier alpha value is -1.46. The van der Waals surface area contributed by atoms with Gasteiger partial charge in [-0.25, -0.2) is 4.79 Å². The molecule has 0 saturated heterocycles. The molecule has 0 aliphatic heterocycles. The summed E-state index contributed by atoms with van der Waals surface area (Å²) in [7, 11) is 0. The van der Waals surface area contributed by atoms with Crippen molar-refractivity contribution < 1.29 is 38.5 Å². The summed E-state index contributed by atoms with van der Waals surface area (Å²) in [4.78, 5) is 48.7. The number of alkyl halides is 3. The predicted octanol–water partition coefficient (Wildman–Crippen LogP) is 4.62. The van der Waals surface area contributed by atoms with Gasteiger partial charge in [-0.3, -0.25) is 14.4 Å². The first-order valence-electron chi connectivity index (χ1n) is 8.49. The van der Waals surface area contributed by atoms with Gasteiger partial charge in [0.1, 0.15) is 13.0 Å². The fourth-order valence-electron chi connectivity index (χ4n) is 1.61. The van der Waals surface area contributed by atoms with Gasteiger partial charge in [0.05, 0.1) is 5.56 Å². The van der Waals surface area contributed by atoms with E-state index in [0.29, 0.717) is 0 Å². The molecule has 0 radical (unpaired) electrons. The van der Waals surface area contributed by atoms with Crippen LogP contribution >= 0.6 is 47.8 Å². The van der Waals surface area contributed by atoms with Crippen LogP contribution in [0.25, 0.3) is 0 Å². The molecule has 0 bridgehead atoms. The van der Waals surface area contributed by atoms with E-state index < -0.39 is 54.1 Å². The minimum Gasteiger partial charge on any atom is -0.478 e. The number of halogens is 3. The van der Waals surface area contributed by atoms with Gasteiger partial charge in [-0.2, -0.15) is 0 Å². The highest BCUT2D eigenvalue weighted by molar-refractivity contribution is 9.10. The Bertz CT molecular complexity index is 824. The summed E-state index contributed by atoms with van der Waals surface area (Å²) in [5.41, 5.74) is -0.349. The van der Waals surface area contributed by atoms with Gasteiger partial charge < -0.3 is 19.3 Å². The molecule has 0 amide bonds. The highest BCUT2D eigenvalue weighted by atomic mass is 79.9. The zero-order chi connectivity index (χ0) is 23.7. The maximum Gasteiger partial charge on any atom is 0.335 e. The monoisotopic (exact) mass is 614 g/mol. The fraction of sp³-hybridized carbons (Fsp3) is 0.474. The molecule has 0 saturated carbocycles. The molecule has 1 rings (SSSR count). The average Bonchev–Trinajstić information content (AvgIpc) is 2.54. The standard InChI is InChI=1S/C19H21Br3O8/c1-17(2,20)14(25)28-10-7-9(13(23)24)8-11(29-15(26)18(3,4)21)12(10)30-16(27)19(5,6)22/h7-8H,1-6H3,(H,23,24). The van der Waals surface area contributed by atoms with Gasteiger partial charge in [-0.1, -0.05) is 47.8 Å². The topological polar surface area (TPSA) is 116 Å². The highest BCUT2D eigenvalue weighted by Crippen LogP contribution is 2.42. The molecular weight excluding hydrogens is 596 g/mol. The molecule has 0 atom stereocenters. The lowest BCUT2D eigenvalue weighted by atomic mass is 10.1. The minimum atomic E-state index is -1.38. The van der Waals surface area contributed by atoms with Crippen LogP contribution < -0.4 is 14.2 Å². The Morgan fingerprint density at radius 1 is 0.700 bits per heavy atom. The third-order valence-corrected chi connectivity index (χ3v) is 4.30. The van der Waals surface area contributed by atoms with Crippen LogP contribution in [0.5, 0.6) is 17.2 Å². The van der Waals surface area contributed by atoms with Crippen LogP contribution in [0.4, 0.5) is 0 Å². The number of esters is 3. The molecule has 0 fully saturated rings. The number of carbonyl (C=O) groups is 4. The lowest BCUT2D eigenvalue weighted by Crippen LogP contribution is -2.32. The summed E-state index contributed by atoms with van der Waals surface area (Å²) in [5.74, 6) is -4.96. The second-order valence-electron chi connectivity index (χ2n) is 7.69. The molecule has 1 aromatic rings. The number of carboxylic acids is 1. The first-order chi connectivity index (χ1) is 13.3. The van der Waals surface area contributed by atoms with Crippen molar-refractivity contribution in [1.29, 1.82) is 0 Å². The summed E-state index contributed by atoms with van der Waals surface area (Å²) >= 11 is 9.44. The van der Waals surface area contributed by atoms with Gasteiger partial charge in [0.25, 0.3) is 0 Å². The molecule has 0 aliphatic carbocycles. The Balaban J connectivity index is 3.68. The Labute approximate surface area is 199 Å². The number of hydrogen-bond acceptors (Lipinski definition) is 7. The van der Waals surface area contributed by atoms with Crippen LogP contribution in [0, 0.1) is 0 Å². The SMILES string of the molecule is CC(C)(Br)C(=O)Oc1cc(C(=O)O)cc(OC(=O)C(C)(C)Br)c1OC(=O)C(C)(C)Br. The first kappa shape index (κ1) is 26.6. The third kappa shape index (κ3) is 7.35. The van der Waals surface area contributed by atoms with Crippen LogP contribution in [-0.2, 0) is 14.4 Å². The van der Waals surface area contributed by atoms with E-state index in [1.807, 2.05) is 0 Å². The number of benzene rings is 1. The van der Waals surface area contributed by atoms with Gasteiger partial charge in [0, 0.05) is 0 Å². The van der Waals surface area contributed by atoms with E-state index in [1.54, 1.807) is 0 Å². The summed E-state index contributed by atoms with van der Waals surface area (Å²) in [5, 5.41) is 9.41. The number of aromatic carboxylic acids is 1. The number of ether oxygens (including phenoxy) is 3. The van der Waals surface area contributed by atoms with Gasteiger partial charge in [0.15, 0.2) is 11.5 Å². The van der Waals surface area contributed by atoms with Gasteiger partial charge in [-0.15, -0.1) is 0 Å². The van der Waals surface area contributed by atoms with Crippen molar-refractivity contribution in [1.82, 2.24) is 0 Å². The van der Waals surface area contributed by atoms with E-state index in [-0.39, 0.29) is 5.56 Å². The molecule has 30 heavy (non-hydrogen) atoms. The predicted molar refractivity (Wildman–Crippen MR) is 119 cm³/mol. The smallest absolute Gasteiger partial charge is 0.335 e. The zero-order valence-corrected chi connectivity index (χ0v) is 21.9. The van der Waals surface area contributed by atoms with Crippen LogP contribution in [0.3, 0.4) is 0 Å². The van der Waals surface area contributed by atoms with E-state index in [9.17, 15) is 24.3 Å². The highest BCUT2D eigenvalue weighted by Gasteiger charge is 2.34.